The first kappa shape index (κ1) is 13.2. The Balaban J connectivity index is 1.87. The van der Waals surface area contributed by atoms with E-state index in [-0.39, 0.29) is 5.56 Å². The van der Waals surface area contributed by atoms with E-state index >= 15 is 0 Å². The summed E-state index contributed by atoms with van der Waals surface area (Å²) in [5.74, 6) is 0. The zero-order chi connectivity index (χ0) is 15.1. The highest BCUT2D eigenvalue weighted by molar-refractivity contribution is 7.25. The van der Waals surface area contributed by atoms with Crippen molar-refractivity contribution in [3.8, 4) is 0 Å². The van der Waals surface area contributed by atoms with Gasteiger partial charge in [0.15, 0.2) is 0 Å². The normalized spacial score (nSPS) is 11.3. The van der Waals surface area contributed by atoms with Crippen molar-refractivity contribution in [3.05, 3.63) is 76.3 Å². The lowest BCUT2D eigenvalue weighted by molar-refractivity contribution is 0.749. The maximum atomic E-state index is 12.7. The summed E-state index contributed by atoms with van der Waals surface area (Å²) in [5.41, 5.74) is 3.16. The predicted molar refractivity (Wildman–Crippen MR) is 91.7 cm³/mol. The van der Waals surface area contributed by atoms with Gasteiger partial charge in [0.1, 0.15) is 4.70 Å². The molecule has 0 fully saturated rings. The maximum absolute atomic E-state index is 12.7. The molecule has 2 heterocycles. The van der Waals surface area contributed by atoms with Crippen LogP contribution in [0.25, 0.3) is 20.3 Å². The minimum Gasteiger partial charge on any atom is -0.294 e. The molecule has 0 aliphatic carbocycles. The Morgan fingerprint density at radius 1 is 1.14 bits per heavy atom. The Morgan fingerprint density at radius 3 is 2.86 bits per heavy atom. The highest BCUT2D eigenvalue weighted by atomic mass is 32.1. The number of rotatable bonds is 2. The van der Waals surface area contributed by atoms with Crippen LogP contribution in [0, 0.1) is 6.92 Å². The third kappa shape index (κ3) is 2.12. The number of fused-ring (bicyclic) bond motifs is 3. The van der Waals surface area contributed by atoms with Gasteiger partial charge in [-0.1, -0.05) is 48.0 Å². The summed E-state index contributed by atoms with van der Waals surface area (Å²) in [4.78, 5) is 17.2. The van der Waals surface area contributed by atoms with Crippen LogP contribution in [-0.4, -0.2) is 9.55 Å². The fourth-order valence-corrected chi connectivity index (χ4v) is 3.84. The highest BCUT2D eigenvalue weighted by Crippen LogP contribution is 2.29. The van der Waals surface area contributed by atoms with Gasteiger partial charge in [0.05, 0.1) is 18.4 Å². The van der Waals surface area contributed by atoms with E-state index in [4.69, 9.17) is 0 Å². The minimum absolute atomic E-state index is 0.0349. The Hall–Kier alpha value is -2.46. The summed E-state index contributed by atoms with van der Waals surface area (Å²) in [6.45, 7) is 2.61. The average Bonchev–Trinajstić information content (AvgIpc) is 2.90. The molecule has 4 aromatic rings. The first-order valence-corrected chi connectivity index (χ1v) is 7.96. The maximum Gasteiger partial charge on any atom is 0.271 e. The van der Waals surface area contributed by atoms with Gasteiger partial charge in [0.2, 0.25) is 0 Å². The molecule has 0 amide bonds. The lowest BCUT2D eigenvalue weighted by Crippen LogP contribution is -2.20. The van der Waals surface area contributed by atoms with E-state index in [1.807, 2.05) is 36.4 Å². The van der Waals surface area contributed by atoms with Gasteiger partial charge in [-0.05, 0) is 18.6 Å². The number of nitrogens with zero attached hydrogens (tertiary/aromatic N) is 2. The summed E-state index contributed by atoms with van der Waals surface area (Å²) in [5, 5.41) is 1.06. The lowest BCUT2D eigenvalue weighted by Gasteiger charge is -2.06. The van der Waals surface area contributed by atoms with Gasteiger partial charge in [0, 0.05) is 10.1 Å². The quantitative estimate of drug-likeness (QED) is 0.562. The molecule has 4 rings (SSSR count). The van der Waals surface area contributed by atoms with Gasteiger partial charge >= 0.3 is 0 Å². The van der Waals surface area contributed by atoms with Gasteiger partial charge in [-0.3, -0.25) is 9.36 Å². The van der Waals surface area contributed by atoms with Crippen LogP contribution in [-0.2, 0) is 6.54 Å². The molecule has 0 bridgehead atoms. The number of aryl methyl sites for hydroxylation is 1. The molecule has 0 radical (unpaired) electrons. The van der Waals surface area contributed by atoms with Crippen LogP contribution in [0.5, 0.6) is 0 Å². The summed E-state index contributed by atoms with van der Waals surface area (Å²) >= 11 is 1.52. The molecule has 0 atom stereocenters. The van der Waals surface area contributed by atoms with Crippen molar-refractivity contribution in [3.63, 3.8) is 0 Å². The molecule has 2 aromatic heterocycles. The number of aromatic nitrogens is 2. The third-order valence-corrected chi connectivity index (χ3v) is 4.93. The zero-order valence-corrected chi connectivity index (χ0v) is 12.9. The van der Waals surface area contributed by atoms with Crippen LogP contribution in [0.4, 0.5) is 0 Å². The van der Waals surface area contributed by atoms with E-state index in [9.17, 15) is 4.79 Å². The van der Waals surface area contributed by atoms with Crippen LogP contribution in [0.15, 0.2) is 59.7 Å². The van der Waals surface area contributed by atoms with E-state index in [1.165, 1.54) is 16.9 Å². The molecule has 0 N–H and O–H groups in total. The molecular formula is C18H14N2OS. The van der Waals surface area contributed by atoms with Gasteiger partial charge in [-0.25, -0.2) is 4.98 Å². The summed E-state index contributed by atoms with van der Waals surface area (Å²) < 4.78 is 3.53. The third-order valence-electron chi connectivity index (χ3n) is 3.79. The van der Waals surface area contributed by atoms with Crippen LogP contribution >= 0.6 is 11.3 Å². The molecule has 0 unspecified atom stereocenters. The first-order chi connectivity index (χ1) is 10.7. The first-order valence-electron chi connectivity index (χ1n) is 7.14. The molecule has 4 heteroatoms. The molecule has 2 aromatic carbocycles. The van der Waals surface area contributed by atoms with E-state index < -0.39 is 0 Å². The molecule has 0 saturated carbocycles. The smallest absolute Gasteiger partial charge is 0.271 e. The highest BCUT2D eigenvalue weighted by Gasteiger charge is 2.11. The van der Waals surface area contributed by atoms with Crippen molar-refractivity contribution in [1.29, 1.82) is 0 Å². The number of hydrogen-bond donors (Lipinski definition) is 0. The standard InChI is InChI=1S/C18H14N2OS/c1-12-5-4-6-13(9-12)10-20-11-19-16-14-7-2-3-8-15(14)22-17(16)18(20)21/h2-9,11H,10H2,1H3. The Labute approximate surface area is 131 Å². The zero-order valence-electron chi connectivity index (χ0n) is 12.1. The van der Waals surface area contributed by atoms with E-state index in [2.05, 4.69) is 24.0 Å². The molecular weight excluding hydrogens is 292 g/mol. The van der Waals surface area contributed by atoms with E-state index in [0.717, 1.165) is 25.9 Å². The van der Waals surface area contributed by atoms with Crippen LogP contribution in [0.1, 0.15) is 11.1 Å². The van der Waals surface area contributed by atoms with Gasteiger partial charge < -0.3 is 0 Å². The van der Waals surface area contributed by atoms with Gasteiger partial charge in [0.25, 0.3) is 5.56 Å². The second kappa shape index (κ2) is 5.07. The van der Waals surface area contributed by atoms with Crippen molar-refractivity contribution in [1.82, 2.24) is 9.55 Å². The molecule has 0 spiro atoms. The average molecular weight is 306 g/mol. The molecule has 22 heavy (non-hydrogen) atoms. The number of benzene rings is 2. The van der Waals surface area contributed by atoms with Gasteiger partial charge in [-0.15, -0.1) is 11.3 Å². The number of thiophene rings is 1. The predicted octanol–water partition coefficient (Wildman–Crippen LogP) is 3.97. The topological polar surface area (TPSA) is 34.9 Å². The summed E-state index contributed by atoms with van der Waals surface area (Å²) in [6, 6.07) is 16.2. The van der Waals surface area contributed by atoms with E-state index in [1.54, 1.807) is 10.9 Å². The summed E-state index contributed by atoms with van der Waals surface area (Å²) in [7, 11) is 0. The Morgan fingerprint density at radius 2 is 2.00 bits per heavy atom. The van der Waals surface area contributed by atoms with Crippen LogP contribution in [0.3, 0.4) is 0 Å². The van der Waals surface area contributed by atoms with Gasteiger partial charge in [-0.2, -0.15) is 0 Å². The van der Waals surface area contributed by atoms with Crippen molar-refractivity contribution in [2.45, 2.75) is 13.5 Å². The molecule has 3 nitrogen and oxygen atoms in total. The summed E-state index contributed by atoms with van der Waals surface area (Å²) in [6.07, 6.45) is 1.66. The van der Waals surface area contributed by atoms with Crippen molar-refractivity contribution < 1.29 is 0 Å². The number of hydrogen-bond acceptors (Lipinski definition) is 3. The van der Waals surface area contributed by atoms with Crippen LogP contribution in [0.2, 0.25) is 0 Å². The second-order valence-electron chi connectivity index (χ2n) is 5.44. The minimum atomic E-state index is 0.0349. The Bertz CT molecular complexity index is 1050. The fraction of sp³-hybridized carbons (Fsp3) is 0.111. The van der Waals surface area contributed by atoms with Crippen molar-refractivity contribution >= 4 is 31.6 Å². The largest absolute Gasteiger partial charge is 0.294 e. The molecule has 0 saturated heterocycles. The SMILES string of the molecule is Cc1cccc(Cn2cnc3c(sc4ccccc43)c2=O)c1. The fourth-order valence-electron chi connectivity index (χ4n) is 2.74. The van der Waals surface area contributed by atoms with Crippen molar-refractivity contribution in [2.75, 3.05) is 0 Å². The monoisotopic (exact) mass is 306 g/mol. The molecule has 0 aliphatic heterocycles. The molecule has 0 aliphatic rings. The lowest BCUT2D eigenvalue weighted by atomic mass is 10.1. The Kier molecular flexibility index (Phi) is 3.05. The van der Waals surface area contributed by atoms with Crippen molar-refractivity contribution in [2.24, 2.45) is 0 Å². The second-order valence-corrected chi connectivity index (χ2v) is 6.49. The van der Waals surface area contributed by atoms with Crippen LogP contribution < -0.4 is 5.56 Å². The molecule has 108 valence electrons. The van der Waals surface area contributed by atoms with E-state index in [0.29, 0.717) is 6.54 Å².